The van der Waals surface area contributed by atoms with Gasteiger partial charge in [-0.15, -0.1) is 12.4 Å². The number of hydrogen-bond donors (Lipinski definition) is 2. The summed E-state index contributed by atoms with van der Waals surface area (Å²) in [6.07, 6.45) is 2.91. The number of nitrogens with zero attached hydrogens (tertiary/aromatic N) is 1. The minimum Gasteiger partial charge on any atom is -0.464 e. The van der Waals surface area contributed by atoms with Gasteiger partial charge < -0.3 is 15.0 Å². The predicted octanol–water partition coefficient (Wildman–Crippen LogP) is 1.85. The first-order valence-electron chi connectivity index (χ1n) is 6.06. The maximum atomic E-state index is 11.5. The molecule has 1 unspecified atom stereocenters. The number of aromatic nitrogens is 2. The molecule has 5 nitrogen and oxygen atoms in total. The van der Waals surface area contributed by atoms with Crippen molar-refractivity contribution in [3.8, 4) is 0 Å². The van der Waals surface area contributed by atoms with Gasteiger partial charge in [0.15, 0.2) is 0 Å². The van der Waals surface area contributed by atoms with Crippen LogP contribution in [0.2, 0.25) is 0 Å². The van der Waals surface area contributed by atoms with Crippen LogP contribution in [-0.2, 0) is 4.74 Å². The van der Waals surface area contributed by atoms with Gasteiger partial charge in [0.05, 0.1) is 7.11 Å². The molecule has 2 aromatic heterocycles. The molecule has 1 aliphatic rings. The molecule has 19 heavy (non-hydrogen) atoms. The van der Waals surface area contributed by atoms with Gasteiger partial charge in [0.1, 0.15) is 11.3 Å². The number of nitrogens with one attached hydrogen (secondary N) is 2. The standard InChI is InChI=1S/C13H15N3O2.ClH/c1-18-13(17)11-6-10-9(8-2-4-14-7-8)3-5-15-12(10)16-11;/h3,5-6,8,14H,2,4,7H2,1H3,(H,15,16);1H. The van der Waals surface area contributed by atoms with E-state index in [4.69, 9.17) is 4.74 Å². The smallest absolute Gasteiger partial charge is 0.354 e. The minimum atomic E-state index is -0.358. The van der Waals surface area contributed by atoms with E-state index in [9.17, 15) is 4.79 Å². The van der Waals surface area contributed by atoms with Crippen molar-refractivity contribution < 1.29 is 9.53 Å². The molecule has 102 valence electrons. The average Bonchev–Trinajstić information content (AvgIpc) is 3.05. The van der Waals surface area contributed by atoms with E-state index in [1.807, 2.05) is 12.1 Å². The summed E-state index contributed by atoms with van der Waals surface area (Å²) in [6.45, 7) is 2.03. The summed E-state index contributed by atoms with van der Waals surface area (Å²) >= 11 is 0. The van der Waals surface area contributed by atoms with E-state index in [2.05, 4.69) is 15.3 Å². The number of carbonyl (C=O) groups is 1. The van der Waals surface area contributed by atoms with Crippen LogP contribution in [0.4, 0.5) is 0 Å². The Morgan fingerprint density at radius 1 is 1.53 bits per heavy atom. The number of halogens is 1. The summed E-state index contributed by atoms with van der Waals surface area (Å²) in [5.74, 6) is 0.139. The van der Waals surface area contributed by atoms with Crippen LogP contribution >= 0.6 is 12.4 Å². The average molecular weight is 282 g/mol. The van der Waals surface area contributed by atoms with Gasteiger partial charge in [-0.25, -0.2) is 9.78 Å². The Labute approximate surface area is 117 Å². The van der Waals surface area contributed by atoms with Crippen molar-refractivity contribution >= 4 is 29.4 Å². The molecule has 0 amide bonds. The van der Waals surface area contributed by atoms with Crippen LogP contribution in [0.15, 0.2) is 18.3 Å². The summed E-state index contributed by atoms with van der Waals surface area (Å²) in [5.41, 5.74) is 2.45. The number of fused-ring (bicyclic) bond motifs is 1. The number of aromatic amines is 1. The first-order chi connectivity index (χ1) is 8.79. The SMILES string of the molecule is COC(=O)c1cc2c(C3CCNC3)ccnc2[nH]1.Cl. The Morgan fingerprint density at radius 3 is 3.05 bits per heavy atom. The topological polar surface area (TPSA) is 67.0 Å². The Kier molecular flexibility index (Phi) is 4.07. The second kappa shape index (κ2) is 5.59. The van der Waals surface area contributed by atoms with Crippen LogP contribution < -0.4 is 5.32 Å². The molecule has 0 saturated carbocycles. The molecule has 1 atom stereocenters. The van der Waals surface area contributed by atoms with Crippen molar-refractivity contribution in [3.63, 3.8) is 0 Å². The molecular weight excluding hydrogens is 266 g/mol. The molecule has 1 fully saturated rings. The Bertz CT molecular complexity index is 591. The highest BCUT2D eigenvalue weighted by Gasteiger charge is 2.21. The molecule has 0 radical (unpaired) electrons. The molecule has 2 N–H and O–H groups in total. The molecule has 1 aliphatic heterocycles. The van der Waals surface area contributed by atoms with Crippen LogP contribution in [-0.4, -0.2) is 36.1 Å². The zero-order valence-corrected chi connectivity index (χ0v) is 11.4. The maximum Gasteiger partial charge on any atom is 0.354 e. The highest BCUT2D eigenvalue weighted by Crippen LogP contribution is 2.29. The third-order valence-corrected chi connectivity index (χ3v) is 3.47. The minimum absolute atomic E-state index is 0. The van der Waals surface area contributed by atoms with Crippen LogP contribution in [0.5, 0.6) is 0 Å². The number of pyridine rings is 1. The van der Waals surface area contributed by atoms with Gasteiger partial charge in [-0.3, -0.25) is 0 Å². The van der Waals surface area contributed by atoms with E-state index >= 15 is 0 Å². The monoisotopic (exact) mass is 281 g/mol. The van der Waals surface area contributed by atoms with E-state index in [1.54, 1.807) is 6.20 Å². The highest BCUT2D eigenvalue weighted by molar-refractivity contribution is 5.94. The summed E-state index contributed by atoms with van der Waals surface area (Å²) in [4.78, 5) is 18.8. The largest absolute Gasteiger partial charge is 0.464 e. The third kappa shape index (κ3) is 2.43. The normalized spacial score (nSPS) is 18.3. The maximum absolute atomic E-state index is 11.5. The van der Waals surface area contributed by atoms with Crippen molar-refractivity contribution in [2.75, 3.05) is 20.2 Å². The molecule has 1 saturated heterocycles. The number of esters is 1. The molecule has 0 bridgehead atoms. The molecule has 6 heteroatoms. The second-order valence-corrected chi connectivity index (χ2v) is 4.53. The summed E-state index contributed by atoms with van der Waals surface area (Å²) in [7, 11) is 1.38. The zero-order valence-electron chi connectivity index (χ0n) is 10.6. The fourth-order valence-corrected chi connectivity index (χ4v) is 2.54. The van der Waals surface area contributed by atoms with Crippen molar-refractivity contribution in [2.24, 2.45) is 0 Å². The third-order valence-electron chi connectivity index (χ3n) is 3.47. The van der Waals surface area contributed by atoms with Gasteiger partial charge in [0.2, 0.25) is 0 Å². The van der Waals surface area contributed by atoms with Crippen LogP contribution in [0.1, 0.15) is 28.4 Å². The van der Waals surface area contributed by atoms with Crippen LogP contribution in [0.25, 0.3) is 11.0 Å². The fraction of sp³-hybridized carbons (Fsp3) is 0.385. The number of carbonyl (C=O) groups excluding carboxylic acids is 1. The van der Waals surface area contributed by atoms with E-state index in [0.717, 1.165) is 30.5 Å². The number of hydrogen-bond acceptors (Lipinski definition) is 4. The lowest BCUT2D eigenvalue weighted by atomic mass is 9.97. The highest BCUT2D eigenvalue weighted by atomic mass is 35.5. The molecular formula is C13H16ClN3O2. The van der Waals surface area contributed by atoms with Crippen LogP contribution in [0, 0.1) is 0 Å². The van der Waals surface area contributed by atoms with E-state index < -0.39 is 0 Å². The van der Waals surface area contributed by atoms with Gasteiger partial charge >= 0.3 is 5.97 Å². The first-order valence-corrected chi connectivity index (χ1v) is 6.06. The van der Waals surface area contributed by atoms with Crippen molar-refractivity contribution in [2.45, 2.75) is 12.3 Å². The zero-order chi connectivity index (χ0) is 12.5. The molecule has 3 rings (SSSR count). The van der Waals surface area contributed by atoms with Crippen molar-refractivity contribution in [1.29, 1.82) is 0 Å². The Morgan fingerprint density at radius 2 is 2.37 bits per heavy atom. The lowest BCUT2D eigenvalue weighted by Gasteiger charge is -2.09. The van der Waals surface area contributed by atoms with Crippen LogP contribution in [0.3, 0.4) is 0 Å². The van der Waals surface area contributed by atoms with E-state index in [1.165, 1.54) is 12.7 Å². The number of H-pyrrole nitrogens is 1. The lowest BCUT2D eigenvalue weighted by molar-refractivity contribution is 0.0595. The van der Waals surface area contributed by atoms with E-state index in [-0.39, 0.29) is 18.4 Å². The van der Waals surface area contributed by atoms with Crippen molar-refractivity contribution in [1.82, 2.24) is 15.3 Å². The fourth-order valence-electron chi connectivity index (χ4n) is 2.54. The second-order valence-electron chi connectivity index (χ2n) is 4.53. The first kappa shape index (κ1) is 13.8. The van der Waals surface area contributed by atoms with Gasteiger partial charge in [0.25, 0.3) is 0 Å². The van der Waals surface area contributed by atoms with Gasteiger partial charge in [-0.05, 0) is 36.6 Å². The quantitative estimate of drug-likeness (QED) is 0.825. The number of rotatable bonds is 2. The van der Waals surface area contributed by atoms with E-state index in [0.29, 0.717) is 11.6 Å². The summed E-state index contributed by atoms with van der Waals surface area (Å²) < 4.78 is 4.72. The van der Waals surface area contributed by atoms with Crippen molar-refractivity contribution in [3.05, 3.63) is 29.6 Å². The number of methoxy groups -OCH3 is 1. The predicted molar refractivity (Wildman–Crippen MR) is 74.9 cm³/mol. The van der Waals surface area contributed by atoms with Gasteiger partial charge in [-0.2, -0.15) is 0 Å². The Hall–Kier alpha value is -1.59. The summed E-state index contributed by atoms with van der Waals surface area (Å²) in [6, 6.07) is 3.87. The lowest BCUT2D eigenvalue weighted by Crippen LogP contribution is -2.08. The molecule has 0 aromatic carbocycles. The van der Waals surface area contributed by atoms with Gasteiger partial charge in [0, 0.05) is 18.1 Å². The summed E-state index contributed by atoms with van der Waals surface area (Å²) in [5, 5.41) is 4.37. The molecule has 0 aliphatic carbocycles. The number of ether oxygens (including phenoxy) is 1. The molecule has 2 aromatic rings. The molecule has 0 spiro atoms. The van der Waals surface area contributed by atoms with Gasteiger partial charge in [-0.1, -0.05) is 0 Å². The molecule has 3 heterocycles. The Balaban J connectivity index is 0.00000133.